The molecule has 3 N–H and O–H groups in total. The number of anilines is 2. The van der Waals surface area contributed by atoms with Gasteiger partial charge in [-0.3, -0.25) is 19.9 Å². The van der Waals surface area contributed by atoms with Crippen molar-refractivity contribution in [3.8, 4) is 22.6 Å². The molecule has 7 rings (SSSR count). The molecule has 10 nitrogen and oxygen atoms in total. The van der Waals surface area contributed by atoms with Crippen molar-refractivity contribution < 1.29 is 4.79 Å². The predicted molar refractivity (Wildman–Crippen MR) is 157 cm³/mol. The van der Waals surface area contributed by atoms with Gasteiger partial charge in [0, 0.05) is 49.2 Å². The van der Waals surface area contributed by atoms with Crippen molar-refractivity contribution in [2.24, 2.45) is 5.92 Å². The van der Waals surface area contributed by atoms with E-state index in [1.165, 1.54) is 6.42 Å². The second-order valence-corrected chi connectivity index (χ2v) is 11.0. The van der Waals surface area contributed by atoms with E-state index in [1.54, 1.807) is 6.20 Å². The smallest absolute Gasteiger partial charge is 0.227 e. The Kier molecular flexibility index (Phi) is 6.39. The van der Waals surface area contributed by atoms with Gasteiger partial charge in [0.05, 0.1) is 41.0 Å². The van der Waals surface area contributed by atoms with Gasteiger partial charge in [0.2, 0.25) is 5.91 Å². The van der Waals surface area contributed by atoms with Gasteiger partial charge in [-0.25, -0.2) is 4.98 Å². The normalized spacial score (nSPS) is 17.1. The summed E-state index contributed by atoms with van der Waals surface area (Å²) in [6.45, 7) is 3.92. The van der Waals surface area contributed by atoms with Crippen LogP contribution in [0.3, 0.4) is 0 Å². The Labute approximate surface area is 232 Å². The minimum absolute atomic E-state index is 0.0954. The Morgan fingerprint density at radius 1 is 0.925 bits per heavy atom. The van der Waals surface area contributed by atoms with Crippen LogP contribution in [0.5, 0.6) is 0 Å². The number of aromatic amines is 2. The van der Waals surface area contributed by atoms with Crippen LogP contribution in [0, 0.1) is 5.92 Å². The fraction of sp³-hybridized carbons (Fsp3) is 0.367. The van der Waals surface area contributed by atoms with Crippen LogP contribution in [0.4, 0.5) is 11.4 Å². The zero-order valence-corrected chi connectivity index (χ0v) is 22.7. The summed E-state index contributed by atoms with van der Waals surface area (Å²) in [5, 5.41) is 11.8. The van der Waals surface area contributed by atoms with Crippen LogP contribution in [0.2, 0.25) is 0 Å². The molecule has 2 aliphatic rings. The number of carbonyl (C=O) groups excluding carboxylic acids is 1. The number of benzene rings is 1. The molecule has 5 heterocycles. The summed E-state index contributed by atoms with van der Waals surface area (Å²) in [5.74, 6) is 0.896. The lowest BCUT2D eigenvalue weighted by molar-refractivity contribution is -0.120. The van der Waals surface area contributed by atoms with Crippen molar-refractivity contribution in [3.63, 3.8) is 0 Å². The number of aromatic nitrogens is 6. The van der Waals surface area contributed by atoms with Gasteiger partial charge in [-0.2, -0.15) is 5.10 Å². The number of H-pyrrole nitrogens is 2. The molecule has 10 heteroatoms. The van der Waals surface area contributed by atoms with Crippen molar-refractivity contribution in [1.29, 1.82) is 0 Å². The first-order valence-electron chi connectivity index (χ1n) is 14.1. The summed E-state index contributed by atoms with van der Waals surface area (Å²) < 4.78 is 0. The van der Waals surface area contributed by atoms with Crippen molar-refractivity contribution in [3.05, 3.63) is 49.1 Å². The number of nitrogens with one attached hydrogen (secondary N) is 3. The van der Waals surface area contributed by atoms with E-state index in [0.717, 1.165) is 102 Å². The molecule has 0 radical (unpaired) electrons. The Balaban J connectivity index is 1.19. The molecule has 1 amide bonds. The largest absolute Gasteiger partial charge is 0.366 e. The van der Waals surface area contributed by atoms with Crippen LogP contribution in [-0.2, 0) is 4.79 Å². The monoisotopic (exact) mass is 535 g/mol. The van der Waals surface area contributed by atoms with Crippen LogP contribution in [0.15, 0.2) is 49.1 Å². The predicted octanol–water partition coefficient (Wildman–Crippen LogP) is 4.83. The van der Waals surface area contributed by atoms with Crippen LogP contribution in [0.25, 0.3) is 44.6 Å². The number of piperazine rings is 1. The molecule has 40 heavy (non-hydrogen) atoms. The molecule has 204 valence electrons. The average molecular weight is 536 g/mol. The number of rotatable bonds is 5. The first-order valence-corrected chi connectivity index (χ1v) is 14.1. The third-order valence-electron chi connectivity index (χ3n) is 8.32. The molecule has 0 spiro atoms. The Morgan fingerprint density at radius 3 is 2.60 bits per heavy atom. The van der Waals surface area contributed by atoms with Crippen LogP contribution < -0.4 is 10.2 Å². The molecular weight excluding hydrogens is 502 g/mol. The standard InChI is InChI=1S/C30H33N9O/c1-38-9-11-39(12-10-38)26-18-32-17-25-28(26)35-29(34-25)27-23-14-20(7-8-24(23)36-37-27)21-13-22(16-31-15-21)33-30(40)19-5-3-2-4-6-19/h7-8,13-19H,2-6,9-12H2,1H3,(H,33,40)(H,34,35)(H,36,37). The molecular formula is C30H33N9O. The third-order valence-corrected chi connectivity index (χ3v) is 8.32. The number of carbonyl (C=O) groups is 1. The van der Waals surface area contributed by atoms with E-state index < -0.39 is 0 Å². The lowest BCUT2D eigenvalue weighted by atomic mass is 9.88. The van der Waals surface area contributed by atoms with Gasteiger partial charge in [0.25, 0.3) is 0 Å². The molecule has 0 unspecified atom stereocenters. The summed E-state index contributed by atoms with van der Waals surface area (Å²) in [6.07, 6.45) is 12.7. The van der Waals surface area contributed by atoms with Gasteiger partial charge >= 0.3 is 0 Å². The van der Waals surface area contributed by atoms with E-state index in [4.69, 9.17) is 4.98 Å². The lowest BCUT2D eigenvalue weighted by Gasteiger charge is -2.33. The van der Waals surface area contributed by atoms with Crippen LogP contribution in [-0.4, -0.2) is 74.2 Å². The van der Waals surface area contributed by atoms with Gasteiger partial charge in [0.1, 0.15) is 11.2 Å². The van der Waals surface area contributed by atoms with E-state index >= 15 is 0 Å². The topological polar surface area (TPSA) is 119 Å². The van der Waals surface area contributed by atoms with E-state index in [-0.39, 0.29) is 11.8 Å². The Bertz CT molecular complexity index is 1680. The van der Waals surface area contributed by atoms with Gasteiger partial charge in [-0.05, 0) is 43.7 Å². The molecule has 4 aromatic heterocycles. The Hall–Kier alpha value is -4.31. The molecule has 0 bridgehead atoms. The highest BCUT2D eigenvalue weighted by atomic mass is 16.1. The van der Waals surface area contributed by atoms with E-state index in [1.807, 2.05) is 36.8 Å². The maximum atomic E-state index is 12.8. The maximum absolute atomic E-state index is 12.8. The average Bonchev–Trinajstić information content (AvgIpc) is 3.62. The molecule has 1 aromatic carbocycles. The van der Waals surface area contributed by atoms with Crippen molar-refractivity contribution >= 4 is 39.2 Å². The number of fused-ring (bicyclic) bond motifs is 2. The number of hydrogen-bond acceptors (Lipinski definition) is 7. The maximum Gasteiger partial charge on any atom is 0.227 e. The summed E-state index contributed by atoms with van der Waals surface area (Å²) >= 11 is 0. The van der Waals surface area contributed by atoms with Crippen LogP contribution >= 0.6 is 0 Å². The summed E-state index contributed by atoms with van der Waals surface area (Å²) in [6, 6.07) is 8.16. The lowest BCUT2D eigenvalue weighted by Crippen LogP contribution is -2.44. The highest BCUT2D eigenvalue weighted by molar-refractivity contribution is 5.98. The van der Waals surface area contributed by atoms with Crippen molar-refractivity contribution in [1.82, 2.24) is 35.0 Å². The van der Waals surface area contributed by atoms with Gasteiger partial charge in [-0.15, -0.1) is 0 Å². The minimum atomic E-state index is 0.0954. The van der Waals surface area contributed by atoms with Gasteiger partial charge < -0.3 is 20.1 Å². The number of amides is 1. The fourth-order valence-corrected chi connectivity index (χ4v) is 5.96. The molecule has 0 atom stereocenters. The molecule has 1 saturated carbocycles. The number of likely N-dealkylation sites (N-methyl/N-ethyl adjacent to an activating group) is 1. The summed E-state index contributed by atoms with van der Waals surface area (Å²) in [5.41, 5.74) is 7.18. The van der Waals surface area contributed by atoms with E-state index in [0.29, 0.717) is 5.82 Å². The zero-order valence-electron chi connectivity index (χ0n) is 22.7. The molecule has 1 aliphatic carbocycles. The first kappa shape index (κ1) is 24.7. The summed E-state index contributed by atoms with van der Waals surface area (Å²) in [7, 11) is 2.15. The SMILES string of the molecule is CN1CCN(c2cncc3[nH]c(-c4n[nH]c5ccc(-c6cncc(NC(=O)C7CCCCC7)c6)cc45)nc23)CC1. The van der Waals surface area contributed by atoms with Gasteiger partial charge in [-0.1, -0.05) is 25.3 Å². The number of imidazole rings is 1. The van der Waals surface area contributed by atoms with Crippen LogP contribution in [0.1, 0.15) is 32.1 Å². The molecule has 1 aliphatic heterocycles. The summed E-state index contributed by atoms with van der Waals surface area (Å²) in [4.78, 5) is 34.8. The van der Waals surface area contributed by atoms with E-state index in [2.05, 4.69) is 53.4 Å². The van der Waals surface area contributed by atoms with Crippen molar-refractivity contribution in [2.45, 2.75) is 32.1 Å². The molecule has 5 aromatic rings. The number of hydrogen-bond donors (Lipinski definition) is 3. The highest BCUT2D eigenvalue weighted by Crippen LogP contribution is 2.33. The zero-order chi connectivity index (χ0) is 27.1. The highest BCUT2D eigenvalue weighted by Gasteiger charge is 2.22. The minimum Gasteiger partial charge on any atom is -0.366 e. The third kappa shape index (κ3) is 4.68. The van der Waals surface area contributed by atoms with Gasteiger partial charge in [0.15, 0.2) is 5.82 Å². The molecule has 2 fully saturated rings. The Morgan fingerprint density at radius 2 is 1.75 bits per heavy atom. The second kappa shape index (κ2) is 10.3. The quantitative estimate of drug-likeness (QED) is 0.295. The van der Waals surface area contributed by atoms with E-state index in [9.17, 15) is 4.79 Å². The first-order chi connectivity index (χ1) is 19.6. The fourth-order valence-electron chi connectivity index (χ4n) is 5.96. The van der Waals surface area contributed by atoms with Crippen molar-refractivity contribution in [2.75, 3.05) is 43.4 Å². The second-order valence-electron chi connectivity index (χ2n) is 11.0. The number of nitrogens with zero attached hydrogens (tertiary/aromatic N) is 6. The molecule has 1 saturated heterocycles. The number of pyridine rings is 2.